The molecule has 0 bridgehead atoms. The molecule has 1 unspecified atom stereocenters. The number of hydrogen-bond acceptors (Lipinski definition) is 1. The van der Waals surface area contributed by atoms with Crippen LogP contribution in [-0.2, 0) is 4.79 Å². The summed E-state index contributed by atoms with van der Waals surface area (Å²) in [5.74, 6) is 0.328. The largest absolute Gasteiger partial charge is 0.303 e. The topological polar surface area (TPSA) is 17.1 Å². The SMILES string of the molecule is CCCCCCCC/C=C\CCCCCCCCC(C=O)CCCCCCCCCCCCCCCC. The maximum atomic E-state index is 11.5. The summed E-state index contributed by atoms with van der Waals surface area (Å²) in [7, 11) is 0. The van der Waals surface area contributed by atoms with Crippen LogP contribution in [0.4, 0.5) is 0 Å². The number of hydrogen-bond donors (Lipinski definition) is 0. The second-order valence-electron chi connectivity index (χ2n) is 12.0. The van der Waals surface area contributed by atoms with Gasteiger partial charge in [-0.3, -0.25) is 0 Å². The second kappa shape index (κ2) is 33.4. The maximum Gasteiger partial charge on any atom is 0.123 e. The lowest BCUT2D eigenvalue weighted by Gasteiger charge is -2.10. The van der Waals surface area contributed by atoms with E-state index in [9.17, 15) is 4.79 Å². The van der Waals surface area contributed by atoms with Gasteiger partial charge in [-0.1, -0.05) is 180 Å². The Balaban J connectivity index is 3.31. The first-order valence-corrected chi connectivity index (χ1v) is 17.4. The monoisotopic (exact) mass is 519 g/mol. The third-order valence-electron chi connectivity index (χ3n) is 8.21. The van der Waals surface area contributed by atoms with Crippen LogP contribution in [0, 0.1) is 5.92 Å². The van der Waals surface area contributed by atoms with Crippen molar-refractivity contribution < 1.29 is 4.79 Å². The zero-order valence-electron chi connectivity index (χ0n) is 25.9. The van der Waals surface area contributed by atoms with Crippen LogP contribution >= 0.6 is 0 Å². The Morgan fingerprint density at radius 1 is 0.378 bits per heavy atom. The molecule has 0 aliphatic carbocycles. The smallest absolute Gasteiger partial charge is 0.123 e. The molecule has 0 N–H and O–H groups in total. The minimum Gasteiger partial charge on any atom is -0.303 e. The molecule has 0 aliphatic heterocycles. The summed E-state index contributed by atoms with van der Waals surface area (Å²) in [4.78, 5) is 11.5. The molecule has 0 aromatic carbocycles. The van der Waals surface area contributed by atoms with Crippen molar-refractivity contribution in [1.82, 2.24) is 0 Å². The van der Waals surface area contributed by atoms with Crippen molar-refractivity contribution in [2.75, 3.05) is 0 Å². The van der Waals surface area contributed by atoms with E-state index in [2.05, 4.69) is 26.0 Å². The third kappa shape index (κ3) is 31.5. The molecule has 220 valence electrons. The highest BCUT2D eigenvalue weighted by Crippen LogP contribution is 2.18. The number of carbonyl (C=O) groups excluding carboxylic acids is 1. The van der Waals surface area contributed by atoms with Gasteiger partial charge >= 0.3 is 0 Å². The molecule has 0 amide bonds. The van der Waals surface area contributed by atoms with Gasteiger partial charge in [0.15, 0.2) is 0 Å². The number of aldehydes is 1. The molecule has 0 fully saturated rings. The molecule has 0 rings (SSSR count). The van der Waals surface area contributed by atoms with Crippen molar-refractivity contribution in [1.29, 1.82) is 0 Å². The molecule has 0 spiro atoms. The summed E-state index contributed by atoms with van der Waals surface area (Å²) in [5.41, 5.74) is 0. The van der Waals surface area contributed by atoms with Crippen molar-refractivity contribution >= 4 is 6.29 Å². The van der Waals surface area contributed by atoms with Gasteiger partial charge in [0.25, 0.3) is 0 Å². The quantitative estimate of drug-likeness (QED) is 0.0491. The lowest BCUT2D eigenvalue weighted by atomic mass is 9.95. The standard InChI is InChI=1S/C36H70O/c1-3-5-7-9-11-13-15-17-19-20-22-24-26-28-30-32-34-36(35-37)33-31-29-27-25-23-21-18-16-14-12-10-8-6-4-2/h17,19,35-36H,3-16,18,20-34H2,1-2H3/b19-17-. The van der Waals surface area contributed by atoms with Crippen LogP contribution in [0.5, 0.6) is 0 Å². The lowest BCUT2D eigenvalue weighted by molar-refractivity contribution is -0.111. The highest BCUT2D eigenvalue weighted by atomic mass is 16.1. The minimum atomic E-state index is 0.328. The summed E-state index contributed by atoms with van der Waals surface area (Å²) in [6.07, 6.45) is 47.0. The Morgan fingerprint density at radius 2 is 0.649 bits per heavy atom. The molecule has 1 heteroatoms. The molecule has 0 aromatic rings. The Morgan fingerprint density at radius 3 is 0.946 bits per heavy atom. The van der Waals surface area contributed by atoms with E-state index in [1.165, 1.54) is 186 Å². The molecule has 37 heavy (non-hydrogen) atoms. The van der Waals surface area contributed by atoms with Crippen molar-refractivity contribution in [2.24, 2.45) is 5.92 Å². The Labute approximate surface area is 235 Å². The summed E-state index contributed by atoms with van der Waals surface area (Å²) < 4.78 is 0. The molecule has 1 atom stereocenters. The molecule has 0 aliphatic rings. The first-order chi connectivity index (χ1) is 18.3. The lowest BCUT2D eigenvalue weighted by Crippen LogP contribution is -2.02. The van der Waals surface area contributed by atoms with Crippen LogP contribution in [0.3, 0.4) is 0 Å². The highest BCUT2D eigenvalue weighted by molar-refractivity contribution is 5.53. The molecule has 0 saturated heterocycles. The van der Waals surface area contributed by atoms with E-state index in [4.69, 9.17) is 0 Å². The molecular formula is C36H70O. The van der Waals surface area contributed by atoms with Crippen molar-refractivity contribution in [3.63, 3.8) is 0 Å². The second-order valence-corrected chi connectivity index (χ2v) is 12.0. The average molecular weight is 519 g/mol. The zero-order valence-corrected chi connectivity index (χ0v) is 25.9. The molecule has 1 nitrogen and oxygen atoms in total. The summed E-state index contributed by atoms with van der Waals surface area (Å²) in [5, 5.41) is 0. The van der Waals surface area contributed by atoms with E-state index < -0.39 is 0 Å². The van der Waals surface area contributed by atoms with E-state index >= 15 is 0 Å². The van der Waals surface area contributed by atoms with Crippen LogP contribution in [-0.4, -0.2) is 6.29 Å². The number of allylic oxidation sites excluding steroid dienone is 2. The van der Waals surface area contributed by atoms with Crippen molar-refractivity contribution in [3.05, 3.63) is 12.2 Å². The van der Waals surface area contributed by atoms with Crippen molar-refractivity contribution in [3.8, 4) is 0 Å². The van der Waals surface area contributed by atoms with E-state index in [1.807, 2.05) is 0 Å². The van der Waals surface area contributed by atoms with Gasteiger partial charge in [-0.2, -0.15) is 0 Å². The number of rotatable bonds is 32. The van der Waals surface area contributed by atoms with E-state index in [1.54, 1.807) is 0 Å². The van der Waals surface area contributed by atoms with Gasteiger partial charge in [-0.25, -0.2) is 0 Å². The molecule has 0 heterocycles. The predicted octanol–water partition coefficient (Wildman–Crippen LogP) is 13.1. The maximum absolute atomic E-state index is 11.5. The van der Waals surface area contributed by atoms with Crippen LogP contribution in [0.2, 0.25) is 0 Å². The Bertz CT molecular complexity index is 440. The number of unbranched alkanes of at least 4 members (excludes halogenated alkanes) is 25. The number of carbonyl (C=O) groups is 1. The Hall–Kier alpha value is -0.590. The van der Waals surface area contributed by atoms with E-state index in [0.29, 0.717) is 5.92 Å². The highest BCUT2D eigenvalue weighted by Gasteiger charge is 2.06. The zero-order chi connectivity index (χ0) is 26.9. The van der Waals surface area contributed by atoms with Crippen LogP contribution in [0.25, 0.3) is 0 Å². The molecule has 0 saturated carbocycles. The van der Waals surface area contributed by atoms with Crippen LogP contribution in [0.15, 0.2) is 12.2 Å². The Kier molecular flexibility index (Phi) is 32.9. The molecule has 0 aromatic heterocycles. The van der Waals surface area contributed by atoms with Gasteiger partial charge in [0.2, 0.25) is 0 Å². The van der Waals surface area contributed by atoms with E-state index in [-0.39, 0.29) is 0 Å². The normalized spacial score (nSPS) is 12.5. The fourth-order valence-electron chi connectivity index (χ4n) is 5.54. The minimum absolute atomic E-state index is 0.328. The summed E-state index contributed by atoms with van der Waals surface area (Å²) in [6, 6.07) is 0. The van der Waals surface area contributed by atoms with Gasteiger partial charge in [-0.05, 0) is 38.5 Å². The van der Waals surface area contributed by atoms with Crippen molar-refractivity contribution in [2.45, 2.75) is 206 Å². The third-order valence-corrected chi connectivity index (χ3v) is 8.21. The van der Waals surface area contributed by atoms with E-state index in [0.717, 1.165) is 12.8 Å². The summed E-state index contributed by atoms with van der Waals surface area (Å²) >= 11 is 0. The van der Waals surface area contributed by atoms with Gasteiger partial charge in [-0.15, -0.1) is 0 Å². The van der Waals surface area contributed by atoms with Gasteiger partial charge in [0, 0.05) is 5.92 Å². The first kappa shape index (κ1) is 36.4. The predicted molar refractivity (Wildman–Crippen MR) is 169 cm³/mol. The average Bonchev–Trinajstić information content (AvgIpc) is 2.91. The fourth-order valence-corrected chi connectivity index (χ4v) is 5.54. The van der Waals surface area contributed by atoms with Gasteiger partial charge in [0.1, 0.15) is 6.29 Å². The first-order valence-electron chi connectivity index (χ1n) is 17.4. The van der Waals surface area contributed by atoms with Crippen LogP contribution in [0.1, 0.15) is 206 Å². The molecular weight excluding hydrogens is 448 g/mol. The molecule has 0 radical (unpaired) electrons. The van der Waals surface area contributed by atoms with Gasteiger partial charge in [0.05, 0.1) is 0 Å². The van der Waals surface area contributed by atoms with Gasteiger partial charge < -0.3 is 4.79 Å². The van der Waals surface area contributed by atoms with Crippen LogP contribution < -0.4 is 0 Å². The fraction of sp³-hybridized carbons (Fsp3) is 0.917. The summed E-state index contributed by atoms with van der Waals surface area (Å²) in [6.45, 7) is 4.58.